The first-order valence-corrected chi connectivity index (χ1v) is 7.09. The topological polar surface area (TPSA) is 56.0 Å². The van der Waals surface area contributed by atoms with E-state index in [2.05, 4.69) is 10.2 Å². The number of carbonyl (C=O) groups excluding carboxylic acids is 1. The van der Waals surface area contributed by atoms with Gasteiger partial charge in [-0.25, -0.2) is 0 Å². The number of nitrogens with zero attached hydrogens (tertiary/aromatic N) is 5. The van der Waals surface area contributed by atoms with Gasteiger partial charge in [0.05, 0.1) is 6.20 Å². The summed E-state index contributed by atoms with van der Waals surface area (Å²) in [5.74, 6) is -0.648. The van der Waals surface area contributed by atoms with Gasteiger partial charge in [0, 0.05) is 38.9 Å². The number of rotatable bonds is 4. The molecule has 0 aliphatic carbocycles. The van der Waals surface area contributed by atoms with Crippen molar-refractivity contribution in [1.29, 1.82) is 0 Å². The number of alkyl halides is 3. The van der Waals surface area contributed by atoms with Crippen LogP contribution in [0.15, 0.2) is 12.4 Å². The van der Waals surface area contributed by atoms with E-state index >= 15 is 0 Å². The summed E-state index contributed by atoms with van der Waals surface area (Å²) in [4.78, 5) is 13.7. The number of carbonyl (C=O) groups is 1. The summed E-state index contributed by atoms with van der Waals surface area (Å²) in [5.41, 5.74) is -0.807. The van der Waals surface area contributed by atoms with Crippen LogP contribution in [0.1, 0.15) is 28.7 Å². The van der Waals surface area contributed by atoms with Gasteiger partial charge in [0.15, 0.2) is 5.69 Å². The molecule has 0 fully saturated rings. The maximum absolute atomic E-state index is 12.8. The van der Waals surface area contributed by atoms with Gasteiger partial charge >= 0.3 is 6.18 Å². The molecule has 10 heteroatoms. The molecule has 1 amide bonds. The fourth-order valence-corrected chi connectivity index (χ4v) is 2.45. The number of hydrogen-bond donors (Lipinski definition) is 0. The van der Waals surface area contributed by atoms with Crippen molar-refractivity contribution in [1.82, 2.24) is 24.5 Å². The zero-order valence-corrected chi connectivity index (χ0v) is 13.5. The van der Waals surface area contributed by atoms with Crippen LogP contribution in [-0.2, 0) is 26.3 Å². The molecule has 0 saturated carbocycles. The molecular formula is C13H15ClF3N5O. The number of halogens is 4. The molecule has 23 heavy (non-hydrogen) atoms. The number of aryl methyl sites for hydroxylation is 2. The normalized spacial score (nSPS) is 11.8. The Balaban J connectivity index is 2.24. The molecule has 6 nitrogen and oxygen atoms in total. The average molecular weight is 350 g/mol. The van der Waals surface area contributed by atoms with E-state index in [1.165, 1.54) is 19.0 Å². The summed E-state index contributed by atoms with van der Waals surface area (Å²) < 4.78 is 40.9. The van der Waals surface area contributed by atoms with Crippen LogP contribution in [0.3, 0.4) is 0 Å². The third-order valence-electron chi connectivity index (χ3n) is 3.24. The number of aromatic nitrogens is 4. The Morgan fingerprint density at radius 1 is 1.43 bits per heavy atom. The van der Waals surface area contributed by atoms with E-state index in [1.54, 1.807) is 17.1 Å². The van der Waals surface area contributed by atoms with E-state index in [0.29, 0.717) is 6.54 Å². The lowest BCUT2D eigenvalue weighted by Crippen LogP contribution is -2.28. The second kappa shape index (κ2) is 6.23. The monoisotopic (exact) mass is 349 g/mol. The molecule has 126 valence electrons. The van der Waals surface area contributed by atoms with Crippen LogP contribution in [0, 0.1) is 0 Å². The van der Waals surface area contributed by atoms with Gasteiger partial charge in [-0.2, -0.15) is 23.4 Å². The summed E-state index contributed by atoms with van der Waals surface area (Å²) in [6, 6.07) is 0. The fraction of sp³-hybridized carbons (Fsp3) is 0.462. The molecule has 0 radical (unpaired) electrons. The highest BCUT2D eigenvalue weighted by molar-refractivity contribution is 6.34. The van der Waals surface area contributed by atoms with Gasteiger partial charge in [0.1, 0.15) is 10.7 Å². The molecule has 2 aromatic rings. The first-order chi connectivity index (χ1) is 10.6. The lowest BCUT2D eigenvalue weighted by Gasteiger charge is -2.16. The van der Waals surface area contributed by atoms with Gasteiger partial charge in [-0.3, -0.25) is 14.2 Å². The SMILES string of the molecule is CCn1cc(CN(C)C(=O)c2c(Cl)c(C(F)(F)F)nn2C)cn1. The third kappa shape index (κ3) is 3.49. The van der Waals surface area contributed by atoms with Crippen molar-refractivity contribution in [3.05, 3.63) is 34.4 Å². The van der Waals surface area contributed by atoms with Gasteiger partial charge in [0.2, 0.25) is 0 Å². The molecule has 0 unspecified atom stereocenters. The lowest BCUT2D eigenvalue weighted by molar-refractivity contribution is -0.141. The summed E-state index contributed by atoms with van der Waals surface area (Å²) >= 11 is 5.72. The molecule has 0 aliphatic rings. The molecule has 0 bridgehead atoms. The second-order valence-corrected chi connectivity index (χ2v) is 5.38. The van der Waals surface area contributed by atoms with Crippen molar-refractivity contribution in [3.63, 3.8) is 0 Å². The highest BCUT2D eigenvalue weighted by atomic mass is 35.5. The van der Waals surface area contributed by atoms with Crippen LogP contribution in [0.4, 0.5) is 13.2 Å². The van der Waals surface area contributed by atoms with Crippen molar-refractivity contribution < 1.29 is 18.0 Å². The Morgan fingerprint density at radius 2 is 2.09 bits per heavy atom. The molecule has 2 aromatic heterocycles. The van der Waals surface area contributed by atoms with E-state index in [1.807, 2.05) is 6.92 Å². The van der Waals surface area contributed by atoms with Crippen molar-refractivity contribution in [2.45, 2.75) is 26.2 Å². The van der Waals surface area contributed by atoms with E-state index < -0.39 is 22.8 Å². The van der Waals surface area contributed by atoms with Gasteiger partial charge in [-0.15, -0.1) is 0 Å². The van der Waals surface area contributed by atoms with Crippen molar-refractivity contribution in [3.8, 4) is 0 Å². The van der Waals surface area contributed by atoms with Crippen molar-refractivity contribution in [2.75, 3.05) is 7.05 Å². The second-order valence-electron chi connectivity index (χ2n) is 5.00. The summed E-state index contributed by atoms with van der Waals surface area (Å²) in [5, 5.41) is 6.69. The van der Waals surface area contributed by atoms with Crippen LogP contribution in [0.2, 0.25) is 5.02 Å². The zero-order valence-electron chi connectivity index (χ0n) is 12.7. The third-order valence-corrected chi connectivity index (χ3v) is 3.60. The maximum Gasteiger partial charge on any atom is 0.436 e. The molecule has 0 atom stereocenters. The predicted molar refractivity (Wildman–Crippen MR) is 76.9 cm³/mol. The average Bonchev–Trinajstić information content (AvgIpc) is 3.02. The predicted octanol–water partition coefficient (Wildman–Crippen LogP) is 2.58. The van der Waals surface area contributed by atoms with Gasteiger partial charge in [-0.1, -0.05) is 11.6 Å². The van der Waals surface area contributed by atoms with E-state index in [9.17, 15) is 18.0 Å². The maximum atomic E-state index is 12.8. The minimum absolute atomic E-state index is 0.196. The molecule has 0 saturated heterocycles. The highest BCUT2D eigenvalue weighted by Crippen LogP contribution is 2.35. The Morgan fingerprint density at radius 3 is 2.57 bits per heavy atom. The molecule has 0 aromatic carbocycles. The lowest BCUT2D eigenvalue weighted by atomic mass is 10.3. The van der Waals surface area contributed by atoms with E-state index in [-0.39, 0.29) is 12.2 Å². The fourth-order valence-electron chi connectivity index (χ4n) is 2.10. The first kappa shape index (κ1) is 17.3. The Kier molecular flexibility index (Phi) is 4.69. The highest BCUT2D eigenvalue weighted by Gasteiger charge is 2.40. The Bertz CT molecular complexity index is 722. The van der Waals surface area contributed by atoms with E-state index in [0.717, 1.165) is 10.2 Å². The van der Waals surface area contributed by atoms with Crippen LogP contribution >= 0.6 is 11.6 Å². The van der Waals surface area contributed by atoms with Crippen LogP contribution in [-0.4, -0.2) is 37.4 Å². The summed E-state index contributed by atoms with van der Waals surface area (Å²) in [6.07, 6.45) is -1.36. The molecule has 0 aliphatic heterocycles. The first-order valence-electron chi connectivity index (χ1n) is 6.71. The summed E-state index contributed by atoms with van der Waals surface area (Å²) in [6.45, 7) is 2.79. The smallest absolute Gasteiger partial charge is 0.336 e. The zero-order chi connectivity index (χ0) is 17.4. The van der Waals surface area contributed by atoms with Crippen molar-refractivity contribution in [2.24, 2.45) is 7.05 Å². The number of hydrogen-bond acceptors (Lipinski definition) is 3. The minimum Gasteiger partial charge on any atom is -0.336 e. The van der Waals surface area contributed by atoms with Crippen LogP contribution in [0.5, 0.6) is 0 Å². The Labute approximate surface area is 135 Å². The van der Waals surface area contributed by atoms with Crippen LogP contribution < -0.4 is 0 Å². The van der Waals surface area contributed by atoms with Gasteiger partial charge in [0.25, 0.3) is 5.91 Å². The molecule has 2 rings (SSSR count). The molecule has 0 N–H and O–H groups in total. The molecule has 0 spiro atoms. The standard InChI is InChI=1S/C13H15ClF3N5O/c1-4-22-7-8(5-18-22)6-20(2)12(23)10-9(14)11(13(15,16)17)19-21(10)3/h5,7H,4,6H2,1-3H3. The van der Waals surface area contributed by atoms with Gasteiger partial charge in [-0.05, 0) is 6.92 Å². The Hall–Kier alpha value is -2.03. The summed E-state index contributed by atoms with van der Waals surface area (Å²) in [7, 11) is 2.72. The van der Waals surface area contributed by atoms with Crippen molar-refractivity contribution >= 4 is 17.5 Å². The van der Waals surface area contributed by atoms with Gasteiger partial charge < -0.3 is 4.90 Å². The quantitative estimate of drug-likeness (QED) is 0.852. The molecule has 2 heterocycles. The number of amides is 1. The van der Waals surface area contributed by atoms with Crippen LogP contribution in [0.25, 0.3) is 0 Å². The molecular weight excluding hydrogens is 335 g/mol. The largest absolute Gasteiger partial charge is 0.436 e. The van der Waals surface area contributed by atoms with E-state index in [4.69, 9.17) is 11.6 Å². The minimum atomic E-state index is -4.71.